The summed E-state index contributed by atoms with van der Waals surface area (Å²) in [6.45, 7) is -0.315. The average molecular weight is 417 g/mol. The third-order valence-corrected chi connectivity index (χ3v) is 4.03. The van der Waals surface area contributed by atoms with Crippen LogP contribution in [-0.2, 0) is 4.79 Å². The number of carboxylic acids is 1. The summed E-state index contributed by atoms with van der Waals surface area (Å²) in [6, 6.07) is 15.7. The Hall–Kier alpha value is -3.00. The Bertz CT molecular complexity index is 938. The summed E-state index contributed by atoms with van der Waals surface area (Å²) in [5, 5.41) is 14.5. The Labute approximate surface area is 157 Å². The number of carbonyl (C=O) groups is 1. The van der Waals surface area contributed by atoms with Crippen molar-refractivity contribution in [3.8, 4) is 11.3 Å². The molecule has 3 N–H and O–H groups in total. The van der Waals surface area contributed by atoms with E-state index in [0.29, 0.717) is 21.7 Å². The van der Waals surface area contributed by atoms with Gasteiger partial charge in [-0.3, -0.25) is 4.79 Å². The first-order valence-corrected chi connectivity index (χ1v) is 8.43. The van der Waals surface area contributed by atoms with E-state index in [-0.39, 0.29) is 12.5 Å². The van der Waals surface area contributed by atoms with E-state index in [1.54, 1.807) is 18.2 Å². The van der Waals surface area contributed by atoms with Crippen molar-refractivity contribution in [3.05, 3.63) is 64.9 Å². The van der Waals surface area contributed by atoms with Gasteiger partial charge < -0.3 is 15.7 Å². The molecule has 0 bridgehead atoms. The molecule has 0 aliphatic rings. The van der Waals surface area contributed by atoms with E-state index in [9.17, 15) is 9.18 Å². The summed E-state index contributed by atoms with van der Waals surface area (Å²) in [5.41, 5.74) is 1.96. The van der Waals surface area contributed by atoms with Crippen LogP contribution in [0.2, 0.25) is 0 Å². The summed E-state index contributed by atoms with van der Waals surface area (Å²) in [4.78, 5) is 19.4. The molecule has 0 aliphatic carbocycles. The standard InChI is InChI=1S/C18H14BrFN4O2/c19-13-7-6-12(8-14(13)20)22-16-9-15(11-4-2-1-3-5-11)23-18(24-16)21-10-17(25)26/h1-9H,10H2,(H,25,26)(H2,21,22,23,24). The van der Waals surface area contributed by atoms with Crippen LogP contribution in [0.3, 0.4) is 0 Å². The normalized spacial score (nSPS) is 10.4. The molecule has 2 aromatic carbocycles. The predicted molar refractivity (Wildman–Crippen MR) is 101 cm³/mol. The van der Waals surface area contributed by atoms with Crippen LogP contribution in [0.4, 0.5) is 21.8 Å². The highest BCUT2D eigenvalue weighted by molar-refractivity contribution is 9.10. The fourth-order valence-corrected chi connectivity index (χ4v) is 2.47. The number of nitrogens with zero attached hydrogens (tertiary/aromatic N) is 2. The fourth-order valence-electron chi connectivity index (χ4n) is 2.22. The van der Waals surface area contributed by atoms with Crippen molar-refractivity contribution >= 4 is 39.4 Å². The molecule has 26 heavy (non-hydrogen) atoms. The molecule has 1 aromatic heterocycles. The van der Waals surface area contributed by atoms with Crippen LogP contribution in [0.1, 0.15) is 0 Å². The molecule has 0 radical (unpaired) electrons. The van der Waals surface area contributed by atoms with Crippen molar-refractivity contribution in [1.29, 1.82) is 0 Å². The third-order valence-electron chi connectivity index (χ3n) is 3.39. The summed E-state index contributed by atoms with van der Waals surface area (Å²) in [5.74, 6) is -0.859. The van der Waals surface area contributed by atoms with Gasteiger partial charge in [0.15, 0.2) is 0 Å². The monoisotopic (exact) mass is 416 g/mol. The van der Waals surface area contributed by atoms with Gasteiger partial charge in [0.25, 0.3) is 0 Å². The first kappa shape index (κ1) is 17.8. The quantitative estimate of drug-likeness (QED) is 0.555. The number of anilines is 3. The van der Waals surface area contributed by atoms with Gasteiger partial charge in [-0.25, -0.2) is 9.37 Å². The number of nitrogens with one attached hydrogen (secondary N) is 2. The minimum Gasteiger partial charge on any atom is -0.480 e. The van der Waals surface area contributed by atoms with E-state index in [2.05, 4.69) is 36.5 Å². The molecule has 3 rings (SSSR count). The van der Waals surface area contributed by atoms with Gasteiger partial charge >= 0.3 is 5.97 Å². The molecule has 6 nitrogen and oxygen atoms in total. The smallest absolute Gasteiger partial charge is 0.322 e. The van der Waals surface area contributed by atoms with E-state index >= 15 is 0 Å². The van der Waals surface area contributed by atoms with Crippen molar-refractivity contribution < 1.29 is 14.3 Å². The summed E-state index contributed by atoms with van der Waals surface area (Å²) < 4.78 is 14.1. The summed E-state index contributed by atoms with van der Waals surface area (Å²) >= 11 is 3.11. The van der Waals surface area contributed by atoms with Crippen LogP contribution in [-0.4, -0.2) is 27.6 Å². The van der Waals surface area contributed by atoms with Crippen molar-refractivity contribution in [2.75, 3.05) is 17.2 Å². The lowest BCUT2D eigenvalue weighted by molar-refractivity contribution is -0.134. The highest BCUT2D eigenvalue weighted by Crippen LogP contribution is 2.25. The van der Waals surface area contributed by atoms with Crippen LogP contribution < -0.4 is 10.6 Å². The average Bonchev–Trinajstić information content (AvgIpc) is 2.64. The van der Waals surface area contributed by atoms with Crippen LogP contribution in [0, 0.1) is 5.82 Å². The third kappa shape index (κ3) is 4.54. The van der Waals surface area contributed by atoms with Gasteiger partial charge in [0.2, 0.25) is 5.95 Å². The van der Waals surface area contributed by atoms with Crippen LogP contribution in [0.5, 0.6) is 0 Å². The van der Waals surface area contributed by atoms with Gasteiger partial charge in [-0.15, -0.1) is 0 Å². The molecule has 0 amide bonds. The number of rotatable bonds is 6. The predicted octanol–water partition coefficient (Wildman–Crippen LogP) is 4.29. The lowest BCUT2D eigenvalue weighted by atomic mass is 10.1. The number of hydrogen-bond acceptors (Lipinski definition) is 5. The molecular formula is C18H14BrFN4O2. The zero-order valence-electron chi connectivity index (χ0n) is 13.4. The second-order valence-corrected chi connectivity index (χ2v) is 6.18. The summed E-state index contributed by atoms with van der Waals surface area (Å²) in [6.07, 6.45) is 0. The molecule has 0 unspecified atom stereocenters. The minimum absolute atomic E-state index is 0.161. The summed E-state index contributed by atoms with van der Waals surface area (Å²) in [7, 11) is 0. The largest absolute Gasteiger partial charge is 0.480 e. The second kappa shape index (κ2) is 7.92. The second-order valence-electron chi connectivity index (χ2n) is 5.33. The van der Waals surface area contributed by atoms with E-state index < -0.39 is 11.8 Å². The van der Waals surface area contributed by atoms with Gasteiger partial charge in [0.05, 0.1) is 10.2 Å². The molecular weight excluding hydrogens is 403 g/mol. The zero-order valence-corrected chi connectivity index (χ0v) is 15.0. The molecule has 0 atom stereocenters. The Balaban J connectivity index is 1.95. The lowest BCUT2D eigenvalue weighted by Gasteiger charge is -2.11. The Morgan fingerprint density at radius 1 is 1.12 bits per heavy atom. The van der Waals surface area contributed by atoms with E-state index in [1.807, 2.05) is 30.3 Å². The molecule has 8 heteroatoms. The topological polar surface area (TPSA) is 87.1 Å². The minimum atomic E-state index is -1.02. The molecule has 1 heterocycles. The molecule has 132 valence electrons. The number of halogens is 2. The molecule has 0 fully saturated rings. The molecule has 0 spiro atoms. The van der Waals surface area contributed by atoms with Crippen LogP contribution in [0.15, 0.2) is 59.1 Å². The van der Waals surface area contributed by atoms with E-state index in [4.69, 9.17) is 5.11 Å². The fraction of sp³-hybridized carbons (Fsp3) is 0.0556. The maximum atomic E-state index is 13.7. The molecule has 3 aromatic rings. The highest BCUT2D eigenvalue weighted by Gasteiger charge is 2.09. The molecule has 0 saturated carbocycles. The SMILES string of the molecule is O=C(O)CNc1nc(Nc2ccc(Br)c(F)c2)cc(-c2ccccc2)n1. The number of benzene rings is 2. The zero-order chi connectivity index (χ0) is 18.5. The number of aromatic nitrogens is 2. The maximum absolute atomic E-state index is 13.7. The van der Waals surface area contributed by atoms with E-state index in [1.165, 1.54) is 6.07 Å². The van der Waals surface area contributed by atoms with Gasteiger partial charge in [-0.1, -0.05) is 30.3 Å². The van der Waals surface area contributed by atoms with Crippen LogP contribution in [0.25, 0.3) is 11.3 Å². The lowest BCUT2D eigenvalue weighted by Crippen LogP contribution is -2.15. The number of carboxylic acid groups (broad SMARTS) is 1. The van der Waals surface area contributed by atoms with Crippen molar-refractivity contribution in [1.82, 2.24) is 9.97 Å². The van der Waals surface area contributed by atoms with Gasteiger partial charge in [-0.2, -0.15) is 4.98 Å². The van der Waals surface area contributed by atoms with E-state index in [0.717, 1.165) is 5.56 Å². The van der Waals surface area contributed by atoms with Gasteiger partial charge in [0, 0.05) is 17.3 Å². The van der Waals surface area contributed by atoms with Crippen LogP contribution >= 0.6 is 15.9 Å². The van der Waals surface area contributed by atoms with Crippen molar-refractivity contribution in [3.63, 3.8) is 0 Å². The van der Waals surface area contributed by atoms with Crippen molar-refractivity contribution in [2.24, 2.45) is 0 Å². The van der Waals surface area contributed by atoms with Crippen molar-refractivity contribution in [2.45, 2.75) is 0 Å². The van der Waals surface area contributed by atoms with Gasteiger partial charge in [-0.05, 0) is 34.1 Å². The van der Waals surface area contributed by atoms with Gasteiger partial charge in [0.1, 0.15) is 18.2 Å². The molecule has 0 saturated heterocycles. The first-order valence-electron chi connectivity index (χ1n) is 7.63. The Kier molecular flexibility index (Phi) is 5.43. The first-order chi connectivity index (χ1) is 12.5. The number of aliphatic carboxylic acids is 1. The molecule has 0 aliphatic heterocycles. The highest BCUT2D eigenvalue weighted by atomic mass is 79.9. The number of hydrogen-bond donors (Lipinski definition) is 3. The Morgan fingerprint density at radius 2 is 1.88 bits per heavy atom. The maximum Gasteiger partial charge on any atom is 0.322 e. The Morgan fingerprint density at radius 3 is 2.58 bits per heavy atom.